The minimum atomic E-state index is -0.00170. The summed E-state index contributed by atoms with van der Waals surface area (Å²) in [6, 6.07) is 0.184. The maximum absolute atomic E-state index is 12.8. The minimum Gasteiger partial charge on any atom is -0.422 e. The molecule has 134 valence electrons. The van der Waals surface area contributed by atoms with Crippen LogP contribution in [0.4, 0.5) is 5.82 Å². The highest BCUT2D eigenvalue weighted by Crippen LogP contribution is 2.33. The van der Waals surface area contributed by atoms with E-state index in [1.807, 2.05) is 11.8 Å². The van der Waals surface area contributed by atoms with E-state index in [0.717, 1.165) is 25.2 Å². The lowest BCUT2D eigenvalue weighted by atomic mass is 9.94. The van der Waals surface area contributed by atoms with Crippen LogP contribution in [0.1, 0.15) is 25.7 Å². The molecule has 0 aromatic carbocycles. The van der Waals surface area contributed by atoms with Crippen LogP contribution in [0.5, 0.6) is 0 Å². The van der Waals surface area contributed by atoms with Crippen molar-refractivity contribution in [3.63, 3.8) is 0 Å². The van der Waals surface area contributed by atoms with Crippen LogP contribution in [0.3, 0.4) is 0 Å². The van der Waals surface area contributed by atoms with Crippen LogP contribution < -0.4 is 4.90 Å². The molecule has 5 heterocycles. The number of ether oxygens (including phenoxy) is 1. The van der Waals surface area contributed by atoms with Crippen LogP contribution >= 0.6 is 0 Å². The Morgan fingerprint density at radius 2 is 2.20 bits per heavy atom. The molecule has 3 aliphatic heterocycles. The molecular weight excluding hydrogens is 322 g/mol. The summed E-state index contributed by atoms with van der Waals surface area (Å²) >= 11 is 0. The zero-order valence-electron chi connectivity index (χ0n) is 14.6. The number of fused-ring (bicyclic) bond motifs is 5. The maximum Gasteiger partial charge on any atom is 0.252 e. The van der Waals surface area contributed by atoms with E-state index in [4.69, 9.17) is 9.15 Å². The Morgan fingerprint density at radius 3 is 3.00 bits per heavy atom. The molecule has 0 saturated carbocycles. The molecular formula is C17H23N5O3. The SMILES string of the molecule is CCc1nc2c(N3CC4CCC(C3)N(CCOC)C4=O)ncnc2o1. The summed E-state index contributed by atoms with van der Waals surface area (Å²) in [6.07, 6.45) is 4.17. The predicted octanol–water partition coefficient (Wildman–Crippen LogP) is 1.25. The molecule has 2 aromatic rings. The zero-order chi connectivity index (χ0) is 17.4. The van der Waals surface area contributed by atoms with Gasteiger partial charge in [-0.25, -0.2) is 9.97 Å². The molecule has 0 spiro atoms. The van der Waals surface area contributed by atoms with Gasteiger partial charge in [-0.05, 0) is 12.8 Å². The van der Waals surface area contributed by atoms with Crippen molar-refractivity contribution >= 4 is 23.0 Å². The second-order valence-electron chi connectivity index (χ2n) is 6.67. The molecule has 3 saturated heterocycles. The van der Waals surface area contributed by atoms with E-state index in [9.17, 15) is 4.79 Å². The number of rotatable bonds is 5. The average Bonchev–Trinajstić information content (AvgIpc) is 2.87. The van der Waals surface area contributed by atoms with E-state index in [-0.39, 0.29) is 17.9 Å². The lowest BCUT2D eigenvalue weighted by molar-refractivity contribution is -0.140. The normalized spacial score (nSPS) is 23.5. The van der Waals surface area contributed by atoms with Crippen molar-refractivity contribution in [2.45, 2.75) is 32.2 Å². The molecule has 2 aromatic heterocycles. The quantitative estimate of drug-likeness (QED) is 0.806. The van der Waals surface area contributed by atoms with Crippen molar-refractivity contribution in [3.05, 3.63) is 12.2 Å². The first-order valence-electron chi connectivity index (χ1n) is 8.86. The van der Waals surface area contributed by atoms with Gasteiger partial charge in [0.1, 0.15) is 6.33 Å². The number of methoxy groups -OCH3 is 1. The number of oxazole rings is 1. The van der Waals surface area contributed by atoms with Gasteiger partial charge in [0.05, 0.1) is 12.5 Å². The molecule has 2 bridgehead atoms. The topological polar surface area (TPSA) is 84.6 Å². The first kappa shape index (κ1) is 16.3. The molecule has 25 heavy (non-hydrogen) atoms. The first-order chi connectivity index (χ1) is 12.2. The van der Waals surface area contributed by atoms with E-state index in [0.29, 0.717) is 43.2 Å². The fourth-order valence-corrected chi connectivity index (χ4v) is 3.87. The second-order valence-corrected chi connectivity index (χ2v) is 6.67. The Labute approximate surface area is 146 Å². The summed E-state index contributed by atoms with van der Waals surface area (Å²) in [7, 11) is 1.67. The van der Waals surface area contributed by atoms with Crippen LogP contribution in [-0.2, 0) is 16.0 Å². The second kappa shape index (κ2) is 6.59. The summed E-state index contributed by atoms with van der Waals surface area (Å²) in [6.45, 7) is 4.63. The van der Waals surface area contributed by atoms with Crippen molar-refractivity contribution in [2.24, 2.45) is 5.92 Å². The van der Waals surface area contributed by atoms with E-state index in [1.165, 1.54) is 6.33 Å². The van der Waals surface area contributed by atoms with Crippen LogP contribution in [0.15, 0.2) is 10.7 Å². The van der Waals surface area contributed by atoms with E-state index >= 15 is 0 Å². The summed E-state index contributed by atoms with van der Waals surface area (Å²) in [5.74, 6) is 1.66. The van der Waals surface area contributed by atoms with Gasteiger partial charge in [0.2, 0.25) is 5.91 Å². The number of hydrogen-bond donors (Lipinski definition) is 0. The molecule has 8 nitrogen and oxygen atoms in total. The van der Waals surface area contributed by atoms with Gasteiger partial charge < -0.3 is 19.0 Å². The van der Waals surface area contributed by atoms with Crippen LogP contribution in [0.2, 0.25) is 0 Å². The van der Waals surface area contributed by atoms with E-state index in [2.05, 4.69) is 19.9 Å². The van der Waals surface area contributed by atoms with Gasteiger partial charge in [0.25, 0.3) is 5.71 Å². The van der Waals surface area contributed by atoms with Gasteiger partial charge in [-0.2, -0.15) is 4.98 Å². The van der Waals surface area contributed by atoms with Crippen molar-refractivity contribution in [1.29, 1.82) is 0 Å². The smallest absolute Gasteiger partial charge is 0.252 e. The Morgan fingerprint density at radius 1 is 1.32 bits per heavy atom. The number of carbonyl (C=O) groups is 1. The summed E-state index contributed by atoms with van der Waals surface area (Å²) < 4.78 is 10.8. The molecule has 2 atom stereocenters. The number of carbonyl (C=O) groups excluding carboxylic acids is 1. The van der Waals surface area contributed by atoms with Crippen LogP contribution in [0, 0.1) is 5.92 Å². The third kappa shape index (κ3) is 2.84. The van der Waals surface area contributed by atoms with Crippen molar-refractivity contribution < 1.29 is 13.9 Å². The van der Waals surface area contributed by atoms with E-state index < -0.39 is 0 Å². The molecule has 3 fully saturated rings. The van der Waals surface area contributed by atoms with Gasteiger partial charge >= 0.3 is 0 Å². The minimum absolute atomic E-state index is 0.00170. The number of piperidine rings is 1. The van der Waals surface area contributed by atoms with Crippen molar-refractivity contribution in [3.8, 4) is 0 Å². The number of amides is 1. The van der Waals surface area contributed by atoms with Gasteiger partial charge in [-0.1, -0.05) is 6.92 Å². The fourth-order valence-electron chi connectivity index (χ4n) is 3.87. The van der Waals surface area contributed by atoms with Crippen LogP contribution in [0.25, 0.3) is 11.2 Å². The lowest BCUT2D eigenvalue weighted by Gasteiger charge is -2.35. The Bertz CT molecular complexity index is 777. The van der Waals surface area contributed by atoms with Gasteiger partial charge in [-0.15, -0.1) is 0 Å². The van der Waals surface area contributed by atoms with Crippen molar-refractivity contribution in [1.82, 2.24) is 19.9 Å². The number of nitrogens with zero attached hydrogens (tertiary/aromatic N) is 5. The van der Waals surface area contributed by atoms with Gasteiger partial charge in [-0.3, -0.25) is 4.79 Å². The molecule has 0 radical (unpaired) electrons. The molecule has 0 aliphatic carbocycles. The molecule has 8 heteroatoms. The maximum atomic E-state index is 12.8. The average molecular weight is 345 g/mol. The van der Waals surface area contributed by atoms with Gasteiger partial charge in [0, 0.05) is 39.2 Å². The lowest BCUT2D eigenvalue weighted by Crippen LogP contribution is -2.49. The Kier molecular flexibility index (Phi) is 4.29. The highest BCUT2D eigenvalue weighted by atomic mass is 16.5. The molecule has 3 aliphatic rings. The molecule has 2 unspecified atom stereocenters. The molecule has 0 N–H and O–H groups in total. The molecule has 5 rings (SSSR count). The van der Waals surface area contributed by atoms with Crippen molar-refractivity contribution in [2.75, 3.05) is 38.3 Å². The number of hydrogen-bond acceptors (Lipinski definition) is 7. The highest BCUT2D eigenvalue weighted by Gasteiger charge is 2.41. The predicted molar refractivity (Wildman–Crippen MR) is 91.3 cm³/mol. The zero-order valence-corrected chi connectivity index (χ0v) is 14.6. The third-order valence-corrected chi connectivity index (χ3v) is 5.15. The summed E-state index contributed by atoms with van der Waals surface area (Å²) in [5.41, 5.74) is 1.21. The van der Waals surface area contributed by atoms with Crippen LogP contribution in [-0.4, -0.2) is 65.2 Å². The Hall–Kier alpha value is -2.22. The largest absolute Gasteiger partial charge is 0.422 e. The Balaban J connectivity index is 1.66. The monoisotopic (exact) mass is 345 g/mol. The first-order valence-corrected chi connectivity index (χ1v) is 8.86. The highest BCUT2D eigenvalue weighted by molar-refractivity contribution is 5.84. The standard InChI is InChI=1S/C17H23N5O3/c1-3-13-20-14-15(18-10-19-16(14)25-13)21-8-11-4-5-12(9-21)22(17(11)23)6-7-24-2/h10-12H,3-9H2,1-2H3. The molecule has 1 amide bonds. The van der Waals surface area contributed by atoms with Gasteiger partial charge in [0.15, 0.2) is 17.2 Å². The van der Waals surface area contributed by atoms with E-state index in [1.54, 1.807) is 7.11 Å². The number of aromatic nitrogens is 3. The number of anilines is 1. The fraction of sp³-hybridized carbons (Fsp3) is 0.647. The summed E-state index contributed by atoms with van der Waals surface area (Å²) in [5, 5.41) is 0. The third-order valence-electron chi connectivity index (χ3n) is 5.15. The summed E-state index contributed by atoms with van der Waals surface area (Å²) in [4.78, 5) is 30.1. The number of aryl methyl sites for hydroxylation is 1.